The molecular weight excluding hydrogens is 266 g/mol. The summed E-state index contributed by atoms with van der Waals surface area (Å²) in [6, 6.07) is 10.5. The van der Waals surface area contributed by atoms with E-state index in [1.807, 2.05) is 12.3 Å². The third-order valence-corrected chi connectivity index (χ3v) is 3.98. The van der Waals surface area contributed by atoms with Gasteiger partial charge in [0.15, 0.2) is 0 Å². The largest absolute Gasteiger partial charge is 0.389 e. The zero-order valence-electron chi connectivity index (χ0n) is 11.2. The van der Waals surface area contributed by atoms with Crippen molar-refractivity contribution in [2.45, 2.75) is 19.4 Å². The van der Waals surface area contributed by atoms with Crippen LogP contribution in [-0.4, -0.2) is 16.5 Å². The van der Waals surface area contributed by atoms with Crippen molar-refractivity contribution in [2.24, 2.45) is 5.73 Å². The van der Waals surface area contributed by atoms with Crippen LogP contribution in [0.1, 0.15) is 23.1 Å². The van der Waals surface area contributed by atoms with Gasteiger partial charge in [0, 0.05) is 24.8 Å². The van der Waals surface area contributed by atoms with Gasteiger partial charge in [0.25, 0.3) is 0 Å². The third-order valence-electron chi connectivity index (χ3n) is 3.76. The first kappa shape index (κ1) is 13.1. The molecule has 102 valence electrons. The average Bonchev–Trinajstić information content (AvgIpc) is 2.69. The number of benzene rings is 1. The Morgan fingerprint density at radius 3 is 2.80 bits per heavy atom. The molecule has 1 aliphatic heterocycles. The maximum absolute atomic E-state index is 5.83. The minimum atomic E-state index is 0.430. The van der Waals surface area contributed by atoms with E-state index in [1.54, 1.807) is 6.20 Å². The lowest BCUT2D eigenvalue weighted by Gasteiger charge is -2.25. The number of thiocarbonyl (C=S) groups is 1. The molecule has 1 aliphatic rings. The van der Waals surface area contributed by atoms with Crippen molar-refractivity contribution >= 4 is 22.9 Å². The molecule has 3 nitrogen and oxygen atoms in total. The lowest BCUT2D eigenvalue weighted by atomic mass is 10.0. The van der Waals surface area contributed by atoms with E-state index < -0.39 is 0 Å². The quantitative estimate of drug-likeness (QED) is 0.861. The zero-order chi connectivity index (χ0) is 13.9. The molecule has 0 saturated carbocycles. The summed E-state index contributed by atoms with van der Waals surface area (Å²) in [5.74, 6) is 0. The molecule has 4 heteroatoms. The van der Waals surface area contributed by atoms with Crippen LogP contribution in [0, 0.1) is 0 Å². The predicted octanol–water partition coefficient (Wildman–Crippen LogP) is 2.67. The van der Waals surface area contributed by atoms with E-state index in [1.165, 1.54) is 11.1 Å². The molecule has 0 bridgehead atoms. The van der Waals surface area contributed by atoms with Gasteiger partial charge in [-0.2, -0.15) is 0 Å². The summed E-state index contributed by atoms with van der Waals surface area (Å²) in [4.78, 5) is 6.99. The maximum atomic E-state index is 5.83. The summed E-state index contributed by atoms with van der Waals surface area (Å²) >= 11 is 5.15. The number of nitrogens with two attached hydrogens (primary N) is 1. The third kappa shape index (κ3) is 2.51. The second-order valence-electron chi connectivity index (χ2n) is 5.05. The van der Waals surface area contributed by atoms with Gasteiger partial charge in [-0.3, -0.25) is 4.98 Å². The van der Waals surface area contributed by atoms with Gasteiger partial charge in [-0.25, -0.2) is 0 Å². The zero-order valence-corrected chi connectivity index (χ0v) is 12.1. The molecule has 1 aromatic carbocycles. The number of aryl methyl sites for hydroxylation is 1. The smallest absolute Gasteiger partial charge is 0.106 e. The van der Waals surface area contributed by atoms with Gasteiger partial charge in [0.1, 0.15) is 4.99 Å². The second kappa shape index (κ2) is 5.59. The van der Waals surface area contributed by atoms with Crippen LogP contribution in [0.2, 0.25) is 0 Å². The normalized spacial score (nSPS) is 14.5. The van der Waals surface area contributed by atoms with Gasteiger partial charge in [-0.15, -0.1) is 0 Å². The maximum Gasteiger partial charge on any atom is 0.106 e. The molecule has 0 radical (unpaired) electrons. The number of rotatable bonds is 2. The first-order chi connectivity index (χ1) is 9.75. The van der Waals surface area contributed by atoms with Crippen LogP contribution in [0.5, 0.6) is 0 Å². The predicted molar refractivity (Wildman–Crippen MR) is 85.9 cm³/mol. The van der Waals surface area contributed by atoms with Crippen molar-refractivity contribution < 1.29 is 0 Å². The molecule has 2 N–H and O–H groups in total. The Bertz CT molecular complexity index is 639. The molecule has 3 rings (SSSR count). The number of aromatic nitrogens is 1. The van der Waals surface area contributed by atoms with E-state index in [0.29, 0.717) is 4.99 Å². The second-order valence-corrected chi connectivity index (χ2v) is 5.49. The highest BCUT2D eigenvalue weighted by Gasteiger charge is 2.17. The first-order valence-electron chi connectivity index (χ1n) is 6.81. The van der Waals surface area contributed by atoms with Gasteiger partial charge >= 0.3 is 0 Å². The van der Waals surface area contributed by atoms with Gasteiger partial charge in [-0.05, 0) is 30.0 Å². The van der Waals surface area contributed by atoms with Crippen LogP contribution < -0.4 is 10.6 Å². The van der Waals surface area contributed by atoms with Crippen LogP contribution in [0.25, 0.3) is 0 Å². The van der Waals surface area contributed by atoms with Gasteiger partial charge in [0.2, 0.25) is 0 Å². The number of nitrogens with zero attached hydrogens (tertiary/aromatic N) is 2. The molecule has 0 spiro atoms. The summed E-state index contributed by atoms with van der Waals surface area (Å²) in [7, 11) is 0. The Labute approximate surface area is 124 Å². The number of hydrogen-bond acceptors (Lipinski definition) is 3. The fourth-order valence-corrected chi connectivity index (χ4v) is 2.93. The minimum Gasteiger partial charge on any atom is -0.389 e. The topological polar surface area (TPSA) is 42.1 Å². The van der Waals surface area contributed by atoms with Crippen LogP contribution in [0.3, 0.4) is 0 Å². The highest BCUT2D eigenvalue weighted by molar-refractivity contribution is 7.80. The summed E-state index contributed by atoms with van der Waals surface area (Å²) < 4.78 is 0. The molecule has 1 aromatic heterocycles. The SMILES string of the molecule is NC(=S)c1ccncc1N1CCCc2ccccc2C1. The molecule has 0 unspecified atom stereocenters. The number of pyridine rings is 1. The van der Waals surface area contributed by atoms with E-state index in [2.05, 4.69) is 34.1 Å². The summed E-state index contributed by atoms with van der Waals surface area (Å²) in [6.45, 7) is 1.88. The molecular formula is C16H17N3S. The van der Waals surface area contributed by atoms with Gasteiger partial charge in [-0.1, -0.05) is 36.5 Å². The Balaban J connectivity index is 1.98. The van der Waals surface area contributed by atoms with Gasteiger partial charge in [0.05, 0.1) is 11.9 Å². The highest BCUT2D eigenvalue weighted by Crippen LogP contribution is 2.26. The average molecular weight is 283 g/mol. The summed E-state index contributed by atoms with van der Waals surface area (Å²) in [6.07, 6.45) is 5.85. The number of hydrogen-bond donors (Lipinski definition) is 1. The molecule has 2 aromatic rings. The van der Waals surface area contributed by atoms with Crippen molar-refractivity contribution in [1.29, 1.82) is 0 Å². The van der Waals surface area contributed by atoms with Crippen molar-refractivity contribution in [3.63, 3.8) is 0 Å². The van der Waals surface area contributed by atoms with Crippen LogP contribution >= 0.6 is 12.2 Å². The molecule has 0 atom stereocenters. The Morgan fingerprint density at radius 1 is 1.20 bits per heavy atom. The fraction of sp³-hybridized carbons (Fsp3) is 0.250. The lowest BCUT2D eigenvalue weighted by molar-refractivity contribution is 0.763. The Morgan fingerprint density at radius 2 is 2.00 bits per heavy atom. The van der Waals surface area contributed by atoms with Crippen molar-refractivity contribution in [1.82, 2.24) is 4.98 Å². The highest BCUT2D eigenvalue weighted by atomic mass is 32.1. The van der Waals surface area contributed by atoms with Crippen LogP contribution in [0.4, 0.5) is 5.69 Å². The monoisotopic (exact) mass is 283 g/mol. The van der Waals surface area contributed by atoms with Gasteiger partial charge < -0.3 is 10.6 Å². The van der Waals surface area contributed by atoms with Crippen LogP contribution in [-0.2, 0) is 13.0 Å². The van der Waals surface area contributed by atoms with Crippen molar-refractivity contribution in [3.8, 4) is 0 Å². The summed E-state index contributed by atoms with van der Waals surface area (Å²) in [5.41, 5.74) is 10.6. The lowest BCUT2D eigenvalue weighted by Crippen LogP contribution is -2.26. The van der Waals surface area contributed by atoms with Crippen molar-refractivity contribution in [2.75, 3.05) is 11.4 Å². The number of fused-ring (bicyclic) bond motifs is 1. The Hall–Kier alpha value is -1.94. The standard InChI is InChI=1S/C16H17N3S/c17-16(20)14-7-8-18-10-15(14)19-9-3-6-12-4-1-2-5-13(12)11-19/h1-2,4-5,7-8,10H,3,6,9,11H2,(H2,17,20). The molecule has 0 aliphatic carbocycles. The van der Waals surface area contributed by atoms with E-state index in [4.69, 9.17) is 18.0 Å². The molecule has 20 heavy (non-hydrogen) atoms. The van der Waals surface area contributed by atoms with E-state index >= 15 is 0 Å². The first-order valence-corrected chi connectivity index (χ1v) is 7.22. The van der Waals surface area contributed by atoms with Crippen molar-refractivity contribution in [3.05, 3.63) is 59.4 Å². The molecule has 0 saturated heterocycles. The molecule has 0 amide bonds. The van der Waals surface area contributed by atoms with E-state index in [9.17, 15) is 0 Å². The Kier molecular flexibility index (Phi) is 3.65. The fourth-order valence-electron chi connectivity index (χ4n) is 2.75. The number of anilines is 1. The van der Waals surface area contributed by atoms with E-state index in [-0.39, 0.29) is 0 Å². The molecule has 2 heterocycles. The van der Waals surface area contributed by atoms with E-state index in [0.717, 1.165) is 37.2 Å². The molecule has 0 fully saturated rings. The van der Waals surface area contributed by atoms with Crippen LogP contribution in [0.15, 0.2) is 42.7 Å². The summed E-state index contributed by atoms with van der Waals surface area (Å²) in [5, 5.41) is 0. The minimum absolute atomic E-state index is 0.430.